The first-order valence-electron chi connectivity index (χ1n) is 7.63. The van der Waals surface area contributed by atoms with Crippen LogP contribution in [-0.2, 0) is 17.9 Å². The van der Waals surface area contributed by atoms with Crippen molar-refractivity contribution in [3.63, 3.8) is 0 Å². The predicted molar refractivity (Wildman–Crippen MR) is 82.7 cm³/mol. The van der Waals surface area contributed by atoms with Gasteiger partial charge >= 0.3 is 0 Å². The summed E-state index contributed by atoms with van der Waals surface area (Å²) in [4.78, 5) is 25.2. The number of H-pyrrole nitrogens is 1. The molecule has 1 atom stereocenters. The van der Waals surface area contributed by atoms with Gasteiger partial charge in [-0.2, -0.15) is 0 Å². The molecule has 3 rings (SSSR count). The van der Waals surface area contributed by atoms with E-state index in [0.29, 0.717) is 12.6 Å². The molecule has 1 fully saturated rings. The Bertz CT molecular complexity index is 608. The molecule has 1 amide bonds. The lowest BCUT2D eigenvalue weighted by Gasteiger charge is -2.23. The van der Waals surface area contributed by atoms with Crippen LogP contribution in [0.2, 0.25) is 0 Å². The van der Waals surface area contributed by atoms with E-state index in [0.717, 1.165) is 36.5 Å². The summed E-state index contributed by atoms with van der Waals surface area (Å²) in [5, 5.41) is 2.79. The minimum absolute atomic E-state index is 0.0226. The van der Waals surface area contributed by atoms with Crippen LogP contribution >= 0.6 is 0 Å². The maximum absolute atomic E-state index is 10.9. The van der Waals surface area contributed by atoms with Crippen LogP contribution in [0.3, 0.4) is 0 Å². The van der Waals surface area contributed by atoms with Crippen molar-refractivity contribution in [3.8, 4) is 0 Å². The number of nitrogens with zero attached hydrogens (tertiary/aromatic N) is 3. The molecule has 22 heavy (non-hydrogen) atoms. The van der Waals surface area contributed by atoms with Gasteiger partial charge in [0.25, 0.3) is 0 Å². The number of likely N-dealkylation sites (tertiary alicyclic amines) is 1. The van der Waals surface area contributed by atoms with Crippen LogP contribution in [0.15, 0.2) is 30.9 Å². The smallest absolute Gasteiger partial charge is 0.217 e. The highest BCUT2D eigenvalue weighted by molar-refractivity contribution is 5.72. The quantitative estimate of drug-likeness (QED) is 0.882. The highest BCUT2D eigenvalue weighted by atomic mass is 16.1. The predicted octanol–water partition coefficient (Wildman–Crippen LogP) is 1.78. The van der Waals surface area contributed by atoms with Gasteiger partial charge in [0, 0.05) is 38.1 Å². The Labute approximate surface area is 130 Å². The molecular formula is C16H21N5O. The molecule has 0 saturated carbocycles. The van der Waals surface area contributed by atoms with Crippen molar-refractivity contribution < 1.29 is 4.79 Å². The Kier molecular flexibility index (Phi) is 4.48. The molecule has 6 nitrogen and oxygen atoms in total. The van der Waals surface area contributed by atoms with E-state index >= 15 is 0 Å². The second-order valence-corrected chi connectivity index (χ2v) is 5.71. The van der Waals surface area contributed by atoms with E-state index in [1.54, 1.807) is 6.33 Å². The lowest BCUT2D eigenvalue weighted by molar-refractivity contribution is -0.119. The van der Waals surface area contributed by atoms with Gasteiger partial charge in [-0.1, -0.05) is 6.07 Å². The van der Waals surface area contributed by atoms with Gasteiger partial charge in [0.2, 0.25) is 5.91 Å². The zero-order valence-electron chi connectivity index (χ0n) is 12.7. The molecule has 1 saturated heterocycles. The molecule has 1 aliphatic heterocycles. The van der Waals surface area contributed by atoms with Gasteiger partial charge in [-0.15, -0.1) is 0 Å². The van der Waals surface area contributed by atoms with E-state index < -0.39 is 0 Å². The number of hydrogen-bond donors (Lipinski definition) is 2. The van der Waals surface area contributed by atoms with Crippen LogP contribution in [0.25, 0.3) is 0 Å². The van der Waals surface area contributed by atoms with Crippen LogP contribution in [0.4, 0.5) is 0 Å². The van der Waals surface area contributed by atoms with E-state index in [-0.39, 0.29) is 5.91 Å². The Hall–Kier alpha value is -2.21. The van der Waals surface area contributed by atoms with Gasteiger partial charge in [-0.3, -0.25) is 14.7 Å². The van der Waals surface area contributed by atoms with E-state index in [4.69, 9.17) is 0 Å². The number of aromatic amines is 1. The third-order valence-corrected chi connectivity index (χ3v) is 4.02. The summed E-state index contributed by atoms with van der Waals surface area (Å²) in [6.45, 7) is 4.01. The Balaban J connectivity index is 1.65. The maximum atomic E-state index is 10.9. The molecule has 2 aromatic heterocycles. The topological polar surface area (TPSA) is 73.9 Å². The van der Waals surface area contributed by atoms with E-state index in [1.807, 2.05) is 18.5 Å². The fourth-order valence-electron chi connectivity index (χ4n) is 2.90. The third-order valence-electron chi connectivity index (χ3n) is 4.02. The molecule has 2 N–H and O–H groups in total. The molecule has 3 heterocycles. The average Bonchev–Trinajstić information content (AvgIpc) is 3.18. The summed E-state index contributed by atoms with van der Waals surface area (Å²) in [5.74, 6) is -0.0226. The van der Waals surface area contributed by atoms with Crippen molar-refractivity contribution in [2.75, 3.05) is 6.54 Å². The third kappa shape index (κ3) is 3.51. The van der Waals surface area contributed by atoms with Gasteiger partial charge in [0.1, 0.15) is 0 Å². The van der Waals surface area contributed by atoms with Gasteiger partial charge in [0.15, 0.2) is 0 Å². The molecule has 116 valence electrons. The summed E-state index contributed by atoms with van der Waals surface area (Å²) < 4.78 is 0. The van der Waals surface area contributed by atoms with Crippen LogP contribution < -0.4 is 5.32 Å². The zero-order chi connectivity index (χ0) is 15.4. The van der Waals surface area contributed by atoms with Gasteiger partial charge in [-0.25, -0.2) is 4.98 Å². The number of pyridine rings is 1. The molecule has 0 spiro atoms. The van der Waals surface area contributed by atoms with Crippen molar-refractivity contribution in [2.45, 2.75) is 38.9 Å². The number of nitrogens with one attached hydrogen (secondary N) is 2. The molecule has 1 unspecified atom stereocenters. The van der Waals surface area contributed by atoms with Gasteiger partial charge in [-0.05, 0) is 31.0 Å². The number of rotatable bonds is 5. The largest absolute Gasteiger partial charge is 0.352 e. The van der Waals surface area contributed by atoms with Crippen molar-refractivity contribution in [1.82, 2.24) is 25.2 Å². The van der Waals surface area contributed by atoms with Crippen LogP contribution in [0, 0.1) is 0 Å². The van der Waals surface area contributed by atoms with Crippen molar-refractivity contribution >= 4 is 5.91 Å². The summed E-state index contributed by atoms with van der Waals surface area (Å²) in [7, 11) is 0. The number of amides is 1. The fraction of sp³-hybridized carbons (Fsp3) is 0.438. The van der Waals surface area contributed by atoms with Crippen molar-refractivity contribution in [2.24, 2.45) is 0 Å². The Morgan fingerprint density at radius 2 is 2.36 bits per heavy atom. The Morgan fingerprint density at radius 1 is 1.45 bits per heavy atom. The number of carbonyl (C=O) groups excluding carboxylic acids is 1. The van der Waals surface area contributed by atoms with Gasteiger partial charge < -0.3 is 10.3 Å². The second kappa shape index (κ2) is 6.70. The fourth-order valence-corrected chi connectivity index (χ4v) is 2.90. The van der Waals surface area contributed by atoms with Gasteiger partial charge in [0.05, 0.1) is 18.1 Å². The molecule has 0 aromatic carbocycles. The van der Waals surface area contributed by atoms with Crippen molar-refractivity contribution in [1.29, 1.82) is 0 Å². The SMILES string of the molecule is CC(=O)NCc1ccc(C2CCCN2Cc2cnc[nH]2)nc1. The maximum Gasteiger partial charge on any atom is 0.217 e. The molecule has 0 radical (unpaired) electrons. The van der Waals surface area contributed by atoms with E-state index in [2.05, 4.69) is 31.2 Å². The molecule has 0 bridgehead atoms. The first-order chi connectivity index (χ1) is 10.7. The standard InChI is InChI=1S/C16H21N5O/c1-12(22)18-7-13-4-5-15(19-8-13)16-3-2-6-21(16)10-14-9-17-11-20-14/h4-5,8-9,11,16H,2-3,6-7,10H2,1H3,(H,17,20)(H,18,22). The number of aromatic nitrogens is 3. The minimum atomic E-state index is -0.0226. The zero-order valence-corrected chi connectivity index (χ0v) is 12.7. The molecule has 2 aromatic rings. The first kappa shape index (κ1) is 14.7. The first-order valence-corrected chi connectivity index (χ1v) is 7.63. The summed E-state index contributed by atoms with van der Waals surface area (Å²) in [6, 6.07) is 4.48. The van der Waals surface area contributed by atoms with Crippen LogP contribution in [0.5, 0.6) is 0 Å². The normalized spacial score (nSPS) is 18.5. The second-order valence-electron chi connectivity index (χ2n) is 5.71. The van der Waals surface area contributed by atoms with Crippen molar-refractivity contribution in [3.05, 3.63) is 47.8 Å². The summed E-state index contributed by atoms with van der Waals surface area (Å²) in [6.07, 6.45) is 7.77. The van der Waals surface area contributed by atoms with E-state index in [1.165, 1.54) is 13.3 Å². The van der Waals surface area contributed by atoms with E-state index in [9.17, 15) is 4.79 Å². The Morgan fingerprint density at radius 3 is 3.05 bits per heavy atom. The molecule has 6 heteroatoms. The summed E-state index contributed by atoms with van der Waals surface area (Å²) >= 11 is 0. The molecular weight excluding hydrogens is 278 g/mol. The van der Waals surface area contributed by atoms with Crippen LogP contribution in [-0.4, -0.2) is 32.3 Å². The number of carbonyl (C=O) groups is 1. The van der Waals surface area contributed by atoms with Crippen LogP contribution in [0.1, 0.15) is 42.8 Å². The lowest BCUT2D eigenvalue weighted by atomic mass is 10.1. The monoisotopic (exact) mass is 299 g/mol. The lowest BCUT2D eigenvalue weighted by Crippen LogP contribution is -2.24. The minimum Gasteiger partial charge on any atom is -0.352 e. The highest BCUT2D eigenvalue weighted by Crippen LogP contribution is 2.31. The molecule has 0 aliphatic carbocycles. The number of hydrogen-bond acceptors (Lipinski definition) is 4. The molecule has 1 aliphatic rings. The number of imidazole rings is 1. The summed E-state index contributed by atoms with van der Waals surface area (Å²) in [5.41, 5.74) is 3.26. The highest BCUT2D eigenvalue weighted by Gasteiger charge is 2.27. The average molecular weight is 299 g/mol.